The molecule has 0 bridgehead atoms. The van der Waals surface area contributed by atoms with Crippen molar-refractivity contribution in [2.75, 3.05) is 24.6 Å². The molecule has 1 saturated heterocycles. The molecule has 6 nitrogen and oxygen atoms in total. The van der Waals surface area contributed by atoms with Crippen LogP contribution in [0.2, 0.25) is 0 Å². The Hall–Kier alpha value is -1.54. The maximum atomic E-state index is 13.4. The van der Waals surface area contributed by atoms with Crippen molar-refractivity contribution in [1.82, 2.24) is 4.90 Å². The number of rotatable bonds is 3. The Labute approximate surface area is 109 Å². The fraction of sp³-hybridized carbons (Fsp3) is 0.455. The van der Waals surface area contributed by atoms with Crippen LogP contribution < -0.4 is 0 Å². The van der Waals surface area contributed by atoms with Crippen LogP contribution >= 0.6 is 0 Å². The first-order valence-electron chi connectivity index (χ1n) is 5.73. The maximum absolute atomic E-state index is 13.4. The molecule has 1 heterocycles. The van der Waals surface area contributed by atoms with E-state index in [0.29, 0.717) is 25.2 Å². The van der Waals surface area contributed by atoms with Crippen molar-refractivity contribution in [3.63, 3.8) is 0 Å². The van der Waals surface area contributed by atoms with E-state index in [9.17, 15) is 22.9 Å². The molecule has 0 unspecified atom stereocenters. The monoisotopic (exact) mass is 288 g/mol. The summed E-state index contributed by atoms with van der Waals surface area (Å²) in [6.07, 6.45) is 0. The molecular weight excluding hydrogens is 275 g/mol. The van der Waals surface area contributed by atoms with Crippen molar-refractivity contribution in [2.24, 2.45) is 0 Å². The first-order valence-corrected chi connectivity index (χ1v) is 7.55. The normalized spacial score (nSPS) is 19.2. The third-order valence-corrected chi connectivity index (χ3v) is 4.66. The zero-order chi connectivity index (χ0) is 14.0. The molecule has 1 fully saturated rings. The van der Waals surface area contributed by atoms with Gasteiger partial charge < -0.3 is 0 Å². The lowest BCUT2D eigenvalue weighted by Gasteiger charge is -2.26. The average Bonchev–Trinajstić information content (AvgIpc) is 2.31. The van der Waals surface area contributed by atoms with Gasteiger partial charge in [-0.3, -0.25) is 15.0 Å². The van der Waals surface area contributed by atoms with Gasteiger partial charge in [-0.25, -0.2) is 8.42 Å². The standard InChI is InChI=1S/C11H13FN2O4S/c12-10-7-9(1-2-11(10)14(15)16)8-13-3-5-19(17,18)6-4-13/h1-2,7H,3-6,8H2. The number of nitro benzene ring substituents is 1. The van der Waals surface area contributed by atoms with Crippen LogP contribution in [0.3, 0.4) is 0 Å². The summed E-state index contributed by atoms with van der Waals surface area (Å²) in [5, 5.41) is 10.5. The number of halogens is 1. The van der Waals surface area contributed by atoms with Crippen molar-refractivity contribution in [2.45, 2.75) is 6.54 Å². The highest BCUT2D eigenvalue weighted by Crippen LogP contribution is 2.19. The predicted octanol–water partition coefficient (Wildman–Crippen LogP) is 0.964. The van der Waals surface area contributed by atoms with Gasteiger partial charge in [0.1, 0.15) is 0 Å². The average molecular weight is 288 g/mol. The van der Waals surface area contributed by atoms with E-state index in [0.717, 1.165) is 12.1 Å². The molecular formula is C11H13FN2O4S. The molecule has 0 aliphatic carbocycles. The number of benzene rings is 1. The van der Waals surface area contributed by atoms with E-state index in [4.69, 9.17) is 0 Å². The van der Waals surface area contributed by atoms with Gasteiger partial charge in [0.2, 0.25) is 5.82 Å². The van der Waals surface area contributed by atoms with Crippen molar-refractivity contribution in [1.29, 1.82) is 0 Å². The molecule has 1 aromatic rings. The summed E-state index contributed by atoms with van der Waals surface area (Å²) in [6, 6.07) is 3.75. The summed E-state index contributed by atoms with van der Waals surface area (Å²) in [5.74, 6) is -0.669. The number of hydrogen-bond donors (Lipinski definition) is 0. The Morgan fingerprint density at radius 2 is 1.95 bits per heavy atom. The van der Waals surface area contributed by atoms with Crippen LogP contribution in [0.15, 0.2) is 18.2 Å². The minimum atomic E-state index is -2.94. The zero-order valence-electron chi connectivity index (χ0n) is 10.1. The smallest absolute Gasteiger partial charge is 0.297 e. The van der Waals surface area contributed by atoms with Crippen molar-refractivity contribution in [3.8, 4) is 0 Å². The van der Waals surface area contributed by atoms with E-state index in [1.165, 1.54) is 6.07 Å². The van der Waals surface area contributed by atoms with Crippen LogP contribution in [-0.2, 0) is 16.4 Å². The quantitative estimate of drug-likeness (QED) is 0.611. The van der Waals surface area contributed by atoms with Crippen LogP contribution in [0.1, 0.15) is 5.56 Å². The second-order valence-electron chi connectivity index (χ2n) is 4.47. The second-order valence-corrected chi connectivity index (χ2v) is 6.77. The molecule has 0 aromatic heterocycles. The van der Waals surface area contributed by atoms with E-state index in [1.54, 1.807) is 0 Å². The van der Waals surface area contributed by atoms with Gasteiger partial charge in [-0.15, -0.1) is 0 Å². The van der Waals surface area contributed by atoms with E-state index < -0.39 is 26.3 Å². The van der Waals surface area contributed by atoms with Crippen molar-refractivity contribution >= 4 is 15.5 Å². The lowest BCUT2D eigenvalue weighted by Crippen LogP contribution is -2.39. The van der Waals surface area contributed by atoms with Crippen LogP contribution in [0.4, 0.5) is 10.1 Å². The molecule has 0 atom stereocenters. The van der Waals surface area contributed by atoms with Gasteiger partial charge in [0.15, 0.2) is 9.84 Å². The van der Waals surface area contributed by atoms with Crippen LogP contribution in [-0.4, -0.2) is 42.8 Å². The molecule has 1 aromatic carbocycles. The van der Waals surface area contributed by atoms with Crippen LogP contribution in [0.25, 0.3) is 0 Å². The Morgan fingerprint density at radius 3 is 2.47 bits per heavy atom. The first kappa shape index (κ1) is 13.9. The highest BCUT2D eigenvalue weighted by Gasteiger charge is 2.22. The molecule has 0 spiro atoms. The number of hydrogen-bond acceptors (Lipinski definition) is 5. The Morgan fingerprint density at radius 1 is 1.32 bits per heavy atom. The van der Waals surface area contributed by atoms with Crippen molar-refractivity contribution in [3.05, 3.63) is 39.7 Å². The Bertz CT molecular complexity index is 589. The predicted molar refractivity (Wildman–Crippen MR) is 67.0 cm³/mol. The summed E-state index contributed by atoms with van der Waals surface area (Å²) >= 11 is 0. The maximum Gasteiger partial charge on any atom is 0.304 e. The highest BCUT2D eigenvalue weighted by atomic mass is 32.2. The molecule has 19 heavy (non-hydrogen) atoms. The van der Waals surface area contributed by atoms with E-state index in [-0.39, 0.29) is 11.5 Å². The van der Waals surface area contributed by atoms with Gasteiger partial charge in [0.05, 0.1) is 16.4 Å². The Kier molecular flexibility index (Phi) is 3.81. The van der Waals surface area contributed by atoms with Gasteiger partial charge in [0, 0.05) is 25.7 Å². The minimum absolute atomic E-state index is 0.0997. The first-order chi connectivity index (χ1) is 8.87. The van der Waals surface area contributed by atoms with Crippen molar-refractivity contribution < 1.29 is 17.7 Å². The third kappa shape index (κ3) is 3.48. The summed E-state index contributed by atoms with van der Waals surface area (Å²) in [4.78, 5) is 11.6. The van der Waals surface area contributed by atoms with Gasteiger partial charge >= 0.3 is 5.69 Å². The zero-order valence-corrected chi connectivity index (χ0v) is 10.9. The summed E-state index contributed by atoms with van der Waals surface area (Å²) < 4.78 is 35.9. The Balaban J connectivity index is 2.04. The van der Waals surface area contributed by atoms with Gasteiger partial charge in [0.25, 0.3) is 0 Å². The molecule has 1 aliphatic heterocycles. The molecule has 104 valence electrons. The minimum Gasteiger partial charge on any atom is -0.297 e. The summed E-state index contributed by atoms with van der Waals surface area (Å²) in [6.45, 7) is 1.20. The van der Waals surface area contributed by atoms with Crippen LogP contribution in [0.5, 0.6) is 0 Å². The largest absolute Gasteiger partial charge is 0.304 e. The number of nitrogens with zero attached hydrogens (tertiary/aromatic N) is 2. The highest BCUT2D eigenvalue weighted by molar-refractivity contribution is 7.91. The van der Waals surface area contributed by atoms with E-state index in [1.807, 2.05) is 4.90 Å². The van der Waals surface area contributed by atoms with Crippen LogP contribution in [0, 0.1) is 15.9 Å². The number of sulfone groups is 1. The lowest BCUT2D eigenvalue weighted by atomic mass is 10.2. The summed E-state index contributed by atoms with van der Waals surface area (Å²) in [5.41, 5.74) is 0.0485. The second kappa shape index (κ2) is 5.22. The molecule has 1 aliphatic rings. The van der Waals surface area contributed by atoms with Gasteiger partial charge in [-0.1, -0.05) is 6.07 Å². The molecule has 0 saturated carbocycles. The third-order valence-electron chi connectivity index (χ3n) is 3.05. The number of nitro groups is 1. The van der Waals surface area contributed by atoms with Gasteiger partial charge in [-0.05, 0) is 11.6 Å². The fourth-order valence-electron chi connectivity index (χ4n) is 1.96. The van der Waals surface area contributed by atoms with Gasteiger partial charge in [-0.2, -0.15) is 4.39 Å². The SMILES string of the molecule is O=[N+]([O-])c1ccc(CN2CCS(=O)(=O)CC2)cc1F. The summed E-state index contributed by atoms with van der Waals surface area (Å²) in [7, 11) is -2.94. The molecule has 8 heteroatoms. The fourth-order valence-corrected chi connectivity index (χ4v) is 3.24. The molecule has 2 rings (SSSR count). The van der Waals surface area contributed by atoms with E-state index >= 15 is 0 Å². The lowest BCUT2D eigenvalue weighted by molar-refractivity contribution is -0.387. The molecule has 0 N–H and O–H groups in total. The molecule has 0 radical (unpaired) electrons. The topological polar surface area (TPSA) is 80.5 Å². The van der Waals surface area contributed by atoms with E-state index in [2.05, 4.69) is 0 Å². The molecule has 0 amide bonds.